The molecule has 4 saturated heterocycles. The minimum absolute atomic E-state index is 0.00639. The first-order valence-corrected chi connectivity index (χ1v) is 18.6. The number of aliphatic hydroxyl groups is 1. The minimum atomic E-state index is -3.61. The molecule has 1 aromatic rings. The Bertz CT molecular complexity index is 1280. The lowest BCUT2D eigenvalue weighted by Gasteiger charge is -2.38. The third kappa shape index (κ3) is 8.69. The van der Waals surface area contributed by atoms with Gasteiger partial charge in [-0.1, -0.05) is 38.3 Å². The Hall–Kier alpha value is -1.63. The van der Waals surface area contributed by atoms with E-state index in [1.807, 2.05) is 19.9 Å². The Morgan fingerprint density at radius 1 is 0.957 bits per heavy atom. The molecule has 4 aliphatic heterocycles. The highest BCUT2D eigenvalue weighted by Gasteiger charge is 2.50. The van der Waals surface area contributed by atoms with Gasteiger partial charge in [0.05, 0.1) is 66.1 Å². The van der Waals surface area contributed by atoms with E-state index in [1.165, 1.54) is 0 Å². The molecule has 0 radical (unpaired) electrons. The summed E-state index contributed by atoms with van der Waals surface area (Å²) in [6.45, 7) is 15.3. The lowest BCUT2D eigenvalue weighted by Crippen LogP contribution is -2.40. The predicted molar refractivity (Wildman–Crippen MR) is 175 cm³/mol. The van der Waals surface area contributed by atoms with Gasteiger partial charge in [-0.2, -0.15) is 0 Å². The number of ether oxygens (including phenoxy) is 6. The standard InChI is InChI=1S/C36H54O9S/c1-23-17-27(14-15-31-24(2)18-26(42-31)11-10-16-37)43-32(25(23)3)20-33-30(22-46(38,39)29-12-8-7-9-13-29)35(40-6)34(44-33)19-28-21-41-36(4,5)45-28/h7-9,12-13,23,26-28,30-35,37H,2-3,10-11,14-22H2,1,4-6H3/t23-,26+,27+,28+,30?,31?,32-,33+,34-,35-/m1/s1. The zero-order valence-corrected chi connectivity index (χ0v) is 28.8. The molecule has 0 spiro atoms. The summed E-state index contributed by atoms with van der Waals surface area (Å²) < 4.78 is 65.0. The van der Waals surface area contributed by atoms with Crippen LogP contribution in [-0.4, -0.2) is 94.2 Å². The maximum Gasteiger partial charge on any atom is 0.178 e. The fourth-order valence-corrected chi connectivity index (χ4v) is 9.37. The number of rotatable bonds is 14. The second-order valence-corrected chi connectivity index (χ2v) is 16.1. The summed E-state index contributed by atoms with van der Waals surface area (Å²) >= 11 is 0. The Kier molecular flexibility index (Phi) is 11.9. The number of sulfone groups is 1. The second-order valence-electron chi connectivity index (χ2n) is 14.1. The Balaban J connectivity index is 1.29. The van der Waals surface area contributed by atoms with E-state index in [2.05, 4.69) is 20.1 Å². The average molecular weight is 663 g/mol. The first-order valence-electron chi connectivity index (χ1n) is 16.9. The summed E-state index contributed by atoms with van der Waals surface area (Å²) in [5.74, 6) is -0.923. The molecule has 10 heteroatoms. The van der Waals surface area contributed by atoms with Gasteiger partial charge in [0.2, 0.25) is 0 Å². The summed E-state index contributed by atoms with van der Waals surface area (Å²) in [7, 11) is -1.99. The van der Waals surface area contributed by atoms with Crippen molar-refractivity contribution in [3.05, 3.63) is 54.6 Å². The molecule has 1 aromatic carbocycles. The molecule has 5 rings (SSSR count). The number of aliphatic hydroxyl groups excluding tert-OH is 1. The van der Waals surface area contributed by atoms with Gasteiger partial charge < -0.3 is 33.5 Å². The fraction of sp³-hybridized carbons (Fsp3) is 0.722. The highest BCUT2D eigenvalue weighted by atomic mass is 32.2. The van der Waals surface area contributed by atoms with Crippen molar-refractivity contribution in [3.8, 4) is 0 Å². The maximum atomic E-state index is 13.7. The summed E-state index contributed by atoms with van der Waals surface area (Å²) in [6.07, 6.45) is 4.48. The lowest BCUT2D eigenvalue weighted by molar-refractivity contribution is -0.144. The topological polar surface area (TPSA) is 110 Å². The van der Waals surface area contributed by atoms with E-state index in [0.29, 0.717) is 24.3 Å². The molecular weight excluding hydrogens is 608 g/mol. The van der Waals surface area contributed by atoms with Crippen molar-refractivity contribution in [1.29, 1.82) is 0 Å². The number of hydrogen-bond acceptors (Lipinski definition) is 9. The van der Waals surface area contributed by atoms with Gasteiger partial charge >= 0.3 is 0 Å². The maximum absolute atomic E-state index is 13.7. The van der Waals surface area contributed by atoms with Gasteiger partial charge in [-0.25, -0.2) is 8.42 Å². The molecule has 4 fully saturated rings. The minimum Gasteiger partial charge on any atom is -0.396 e. The molecule has 0 aromatic heterocycles. The lowest BCUT2D eigenvalue weighted by atomic mass is 9.83. The van der Waals surface area contributed by atoms with Crippen molar-refractivity contribution in [3.63, 3.8) is 0 Å². The molecule has 0 amide bonds. The van der Waals surface area contributed by atoms with Gasteiger partial charge in [0, 0.05) is 32.5 Å². The van der Waals surface area contributed by atoms with Crippen LogP contribution in [0, 0.1) is 11.8 Å². The van der Waals surface area contributed by atoms with Crippen LogP contribution in [0.5, 0.6) is 0 Å². The van der Waals surface area contributed by atoms with Gasteiger partial charge in [0.15, 0.2) is 15.6 Å². The molecule has 0 saturated carbocycles. The van der Waals surface area contributed by atoms with Crippen LogP contribution in [0.3, 0.4) is 0 Å². The first kappa shape index (κ1) is 35.7. The second kappa shape index (κ2) is 15.3. The van der Waals surface area contributed by atoms with Crippen LogP contribution in [0.4, 0.5) is 0 Å². The zero-order chi connectivity index (χ0) is 33.1. The van der Waals surface area contributed by atoms with Crippen LogP contribution >= 0.6 is 0 Å². The molecule has 46 heavy (non-hydrogen) atoms. The van der Waals surface area contributed by atoms with Crippen LogP contribution in [0.2, 0.25) is 0 Å². The van der Waals surface area contributed by atoms with Gasteiger partial charge in [0.25, 0.3) is 0 Å². The molecule has 258 valence electrons. The fourth-order valence-electron chi connectivity index (χ4n) is 7.70. The highest BCUT2D eigenvalue weighted by molar-refractivity contribution is 7.91. The van der Waals surface area contributed by atoms with Gasteiger partial charge in [-0.3, -0.25) is 0 Å². The van der Waals surface area contributed by atoms with Crippen molar-refractivity contribution >= 4 is 9.84 Å². The van der Waals surface area contributed by atoms with E-state index in [4.69, 9.17) is 28.4 Å². The Labute approximate surface area is 275 Å². The predicted octanol–water partition coefficient (Wildman–Crippen LogP) is 5.41. The molecule has 4 aliphatic rings. The third-order valence-corrected chi connectivity index (χ3v) is 12.0. The smallest absolute Gasteiger partial charge is 0.178 e. The highest BCUT2D eigenvalue weighted by Crippen LogP contribution is 2.42. The monoisotopic (exact) mass is 662 g/mol. The largest absolute Gasteiger partial charge is 0.396 e. The van der Waals surface area contributed by atoms with E-state index in [-0.39, 0.29) is 54.9 Å². The van der Waals surface area contributed by atoms with Crippen molar-refractivity contribution in [1.82, 2.24) is 0 Å². The number of methoxy groups -OCH3 is 1. The Morgan fingerprint density at radius 2 is 1.70 bits per heavy atom. The van der Waals surface area contributed by atoms with Gasteiger partial charge in [-0.15, -0.1) is 0 Å². The van der Waals surface area contributed by atoms with Crippen molar-refractivity contribution in [2.45, 2.75) is 132 Å². The molecule has 1 N–H and O–H groups in total. The number of hydrogen-bond donors (Lipinski definition) is 1. The van der Waals surface area contributed by atoms with Crippen molar-refractivity contribution in [2.75, 3.05) is 26.1 Å². The quantitative estimate of drug-likeness (QED) is 0.262. The summed E-state index contributed by atoms with van der Waals surface area (Å²) in [4.78, 5) is 0.294. The van der Waals surface area contributed by atoms with Crippen LogP contribution in [0.25, 0.3) is 0 Å². The van der Waals surface area contributed by atoms with Crippen LogP contribution in [-0.2, 0) is 38.3 Å². The van der Waals surface area contributed by atoms with Crippen molar-refractivity contribution < 1.29 is 41.9 Å². The van der Waals surface area contributed by atoms with Crippen molar-refractivity contribution in [2.24, 2.45) is 11.8 Å². The van der Waals surface area contributed by atoms with Gasteiger partial charge in [0.1, 0.15) is 0 Å². The van der Waals surface area contributed by atoms with E-state index in [9.17, 15) is 13.5 Å². The van der Waals surface area contributed by atoms with E-state index in [1.54, 1.807) is 31.4 Å². The summed E-state index contributed by atoms with van der Waals surface area (Å²) in [5, 5.41) is 9.20. The van der Waals surface area contributed by atoms with Gasteiger partial charge in [-0.05, 0) is 81.6 Å². The average Bonchev–Trinajstić information content (AvgIpc) is 3.66. The van der Waals surface area contributed by atoms with E-state index < -0.39 is 33.8 Å². The SMILES string of the molecule is C=C1C[C@H](CCCO)OC1CC[C@H]1C[C@@H](C)C(=C)[C@@H](C[C@@H]2O[C@H](C[C@H]3COC(C)(C)O3)[C@H](OC)C2CS(=O)(=O)c2ccccc2)O1. The third-order valence-electron chi connectivity index (χ3n) is 10.2. The summed E-state index contributed by atoms with van der Waals surface area (Å²) in [6, 6.07) is 8.58. The van der Waals surface area contributed by atoms with Crippen LogP contribution < -0.4 is 0 Å². The van der Waals surface area contributed by atoms with E-state index in [0.717, 1.165) is 49.7 Å². The first-order chi connectivity index (χ1) is 21.9. The van der Waals surface area contributed by atoms with Crippen LogP contribution in [0.15, 0.2) is 59.5 Å². The molecule has 2 unspecified atom stereocenters. The number of benzene rings is 1. The molecule has 9 nitrogen and oxygen atoms in total. The Morgan fingerprint density at radius 3 is 2.37 bits per heavy atom. The normalized spacial score (nSPS) is 36.5. The molecular formula is C36H54O9S. The summed E-state index contributed by atoms with van der Waals surface area (Å²) in [5.41, 5.74) is 2.13. The van der Waals surface area contributed by atoms with E-state index >= 15 is 0 Å². The molecule has 0 bridgehead atoms. The molecule has 10 atom stereocenters. The molecule has 4 heterocycles. The van der Waals surface area contributed by atoms with Crippen LogP contribution in [0.1, 0.15) is 72.1 Å². The zero-order valence-electron chi connectivity index (χ0n) is 28.0. The molecule has 0 aliphatic carbocycles.